The fraction of sp³-hybridized carbons (Fsp3) is 0.808. The number of ether oxygens (including phenoxy) is 1. The molecule has 0 aromatic rings. The summed E-state index contributed by atoms with van der Waals surface area (Å²) in [7, 11) is -5.83. The molecule has 2 rings (SSSR count). The molecule has 218 valence electrons. The highest BCUT2D eigenvalue weighted by atomic mass is 32.2. The van der Waals surface area contributed by atoms with Crippen LogP contribution < -0.4 is 0 Å². The fourth-order valence-electron chi connectivity index (χ4n) is 5.85. The van der Waals surface area contributed by atoms with E-state index in [4.69, 9.17) is 4.74 Å². The van der Waals surface area contributed by atoms with Gasteiger partial charge in [-0.2, -0.15) is 21.6 Å². The minimum Gasteiger partial charge on any atom is -0.462 e. The van der Waals surface area contributed by atoms with Crippen molar-refractivity contribution in [1.82, 2.24) is 0 Å². The Bertz CT molecular complexity index is 1120. The third kappa shape index (κ3) is 5.89. The van der Waals surface area contributed by atoms with Gasteiger partial charge < -0.3 is 8.92 Å². The van der Waals surface area contributed by atoms with Gasteiger partial charge in [0.2, 0.25) is 5.70 Å². The monoisotopic (exact) mass is 567 g/mol. The Kier molecular flexibility index (Phi) is 8.84. The lowest BCUT2D eigenvalue weighted by Gasteiger charge is -2.51. The van der Waals surface area contributed by atoms with E-state index in [2.05, 4.69) is 4.18 Å². The molecule has 3 atom stereocenters. The number of allylic oxidation sites excluding steroid dienone is 3. The first-order chi connectivity index (χ1) is 17.0. The predicted molar refractivity (Wildman–Crippen MR) is 135 cm³/mol. The van der Waals surface area contributed by atoms with Crippen LogP contribution in [0.4, 0.5) is 13.2 Å². The third-order valence-corrected chi connectivity index (χ3v) is 10.3. The molecule has 0 spiro atoms. The van der Waals surface area contributed by atoms with Gasteiger partial charge in [-0.3, -0.25) is 14.9 Å². The molecule has 0 aliphatic heterocycles. The van der Waals surface area contributed by atoms with Crippen LogP contribution >= 0.6 is 0 Å². The number of hydrogen-bond acceptors (Lipinski definition) is 7. The van der Waals surface area contributed by atoms with E-state index >= 15 is 0 Å². The Balaban J connectivity index is 2.45. The largest absolute Gasteiger partial charge is 0.534 e. The van der Waals surface area contributed by atoms with Crippen molar-refractivity contribution in [2.75, 3.05) is 0 Å². The van der Waals surface area contributed by atoms with Gasteiger partial charge in [0, 0.05) is 36.2 Å². The molecule has 12 heteroatoms. The summed E-state index contributed by atoms with van der Waals surface area (Å²) < 4.78 is 73.0. The second kappa shape index (κ2) is 10.5. The summed E-state index contributed by atoms with van der Waals surface area (Å²) in [5, 5.41) is 12.0. The first-order valence-electron chi connectivity index (χ1n) is 12.8. The Hall–Kier alpha value is -2.11. The Morgan fingerprint density at radius 3 is 2.26 bits per heavy atom. The molecular formula is C26H40F3NO7S. The smallest absolute Gasteiger partial charge is 0.462 e. The summed E-state index contributed by atoms with van der Waals surface area (Å²) in [6.45, 7) is 14.3. The molecular weight excluding hydrogens is 527 g/mol. The summed E-state index contributed by atoms with van der Waals surface area (Å²) >= 11 is 0. The number of rotatable bonds is 9. The maximum absolute atomic E-state index is 13.1. The molecule has 0 aromatic carbocycles. The van der Waals surface area contributed by atoms with Crippen LogP contribution in [-0.4, -0.2) is 30.9 Å². The minimum atomic E-state index is -5.83. The SMILES string of the molecule is CC/C(=C1/C[C@@H](OC(C)=O)CC[C@]1(C)C(C)(C)CC[C@]1(C)C(OS(=O)(=O)C(F)(F)F)=CCC1(C)C)[N+](=O)[O-]. The standard InChI is InChI=1S/C26H40F3NO7S/c1-9-20(30(32)33)19-16-18(36-17(2)31)10-13-24(19,7)23(5,6)14-15-25(8)21(11-12-22(25,3)4)37-38(34,35)26(27,28)29/h11,18H,9-10,12-16H2,1-8H3/b20-19+/t18-,24-,25+/m0/s1. The van der Waals surface area contributed by atoms with Gasteiger partial charge in [-0.15, -0.1) is 0 Å². The van der Waals surface area contributed by atoms with Gasteiger partial charge in [0.15, 0.2) is 0 Å². The second-order valence-electron chi connectivity index (χ2n) is 12.2. The van der Waals surface area contributed by atoms with E-state index in [1.54, 1.807) is 13.8 Å². The lowest BCUT2D eigenvalue weighted by Crippen LogP contribution is -2.45. The Morgan fingerprint density at radius 2 is 1.79 bits per heavy atom. The molecule has 38 heavy (non-hydrogen) atoms. The fourth-order valence-corrected chi connectivity index (χ4v) is 6.43. The van der Waals surface area contributed by atoms with Gasteiger partial charge in [-0.1, -0.05) is 48.5 Å². The molecule has 0 amide bonds. The van der Waals surface area contributed by atoms with Crippen LogP contribution in [0.5, 0.6) is 0 Å². The van der Waals surface area contributed by atoms with Crippen molar-refractivity contribution in [3.05, 3.63) is 33.2 Å². The van der Waals surface area contributed by atoms with Crippen LogP contribution in [0.25, 0.3) is 0 Å². The van der Waals surface area contributed by atoms with Crippen LogP contribution in [0.2, 0.25) is 0 Å². The number of esters is 1. The van der Waals surface area contributed by atoms with E-state index in [0.717, 1.165) is 0 Å². The number of carbonyl (C=O) groups is 1. The number of carbonyl (C=O) groups excluding carboxylic acids is 1. The minimum absolute atomic E-state index is 0.0741. The zero-order valence-corrected chi connectivity index (χ0v) is 24.3. The first-order valence-corrected chi connectivity index (χ1v) is 14.2. The lowest BCUT2D eigenvalue weighted by atomic mass is 9.53. The normalized spacial score (nSPS) is 29.4. The summed E-state index contributed by atoms with van der Waals surface area (Å²) in [4.78, 5) is 23.2. The van der Waals surface area contributed by atoms with Crippen molar-refractivity contribution in [1.29, 1.82) is 0 Å². The molecule has 0 N–H and O–H groups in total. The predicted octanol–water partition coefficient (Wildman–Crippen LogP) is 7.04. The van der Waals surface area contributed by atoms with Crippen LogP contribution in [0.1, 0.15) is 100 Å². The Morgan fingerprint density at radius 1 is 1.21 bits per heavy atom. The van der Waals surface area contributed by atoms with Crippen molar-refractivity contribution < 1.29 is 40.2 Å². The molecule has 0 aromatic heterocycles. The molecule has 0 radical (unpaired) electrons. The highest BCUT2D eigenvalue weighted by Gasteiger charge is 2.56. The molecule has 0 saturated heterocycles. The second-order valence-corrected chi connectivity index (χ2v) is 13.7. The number of nitro groups is 1. The van der Waals surface area contributed by atoms with Gasteiger partial charge >= 0.3 is 21.6 Å². The maximum Gasteiger partial charge on any atom is 0.534 e. The molecule has 0 unspecified atom stereocenters. The van der Waals surface area contributed by atoms with E-state index in [0.29, 0.717) is 37.7 Å². The van der Waals surface area contributed by atoms with E-state index in [1.807, 2.05) is 34.6 Å². The maximum atomic E-state index is 13.1. The van der Waals surface area contributed by atoms with Gasteiger partial charge in [-0.25, -0.2) is 0 Å². The summed E-state index contributed by atoms with van der Waals surface area (Å²) in [6.07, 6.45) is 3.41. The summed E-state index contributed by atoms with van der Waals surface area (Å²) in [5.74, 6) is -0.685. The van der Waals surface area contributed by atoms with E-state index < -0.39 is 54.3 Å². The Labute approximate surface area is 223 Å². The van der Waals surface area contributed by atoms with Crippen molar-refractivity contribution in [3.8, 4) is 0 Å². The quantitative estimate of drug-likeness (QED) is 0.0965. The average molecular weight is 568 g/mol. The van der Waals surface area contributed by atoms with E-state index in [1.165, 1.54) is 13.0 Å². The van der Waals surface area contributed by atoms with Gasteiger partial charge in [-0.05, 0) is 49.0 Å². The van der Waals surface area contributed by atoms with Crippen LogP contribution in [0.15, 0.2) is 23.1 Å². The van der Waals surface area contributed by atoms with E-state index in [9.17, 15) is 36.5 Å². The zero-order chi connectivity index (χ0) is 29.5. The summed E-state index contributed by atoms with van der Waals surface area (Å²) in [6, 6.07) is 0. The van der Waals surface area contributed by atoms with Crippen LogP contribution in [-0.2, 0) is 23.8 Å². The van der Waals surface area contributed by atoms with Crippen molar-refractivity contribution in [3.63, 3.8) is 0 Å². The number of alkyl halides is 3. The van der Waals surface area contributed by atoms with Gasteiger partial charge in [0.1, 0.15) is 11.9 Å². The number of hydrogen-bond donors (Lipinski definition) is 0. The van der Waals surface area contributed by atoms with Crippen molar-refractivity contribution in [2.45, 2.75) is 112 Å². The molecule has 8 nitrogen and oxygen atoms in total. The van der Waals surface area contributed by atoms with Crippen molar-refractivity contribution in [2.24, 2.45) is 21.7 Å². The van der Waals surface area contributed by atoms with Crippen LogP contribution in [0.3, 0.4) is 0 Å². The number of nitrogens with zero attached hydrogens (tertiary/aromatic N) is 1. The third-order valence-electron chi connectivity index (χ3n) is 9.36. The van der Waals surface area contributed by atoms with E-state index in [-0.39, 0.29) is 24.3 Å². The summed E-state index contributed by atoms with van der Waals surface area (Å²) in [5.41, 5.74) is -7.76. The van der Waals surface area contributed by atoms with Gasteiger partial charge in [0.25, 0.3) is 0 Å². The van der Waals surface area contributed by atoms with Crippen LogP contribution in [0, 0.1) is 31.8 Å². The molecule has 2 aliphatic carbocycles. The topological polar surface area (TPSA) is 113 Å². The molecule has 2 aliphatic rings. The molecule has 1 saturated carbocycles. The average Bonchev–Trinajstić information content (AvgIpc) is 2.97. The molecule has 0 bridgehead atoms. The highest BCUT2D eigenvalue weighted by Crippen LogP contribution is 2.61. The first kappa shape index (κ1) is 32.1. The van der Waals surface area contributed by atoms with Gasteiger partial charge in [0.05, 0.1) is 4.92 Å². The highest BCUT2D eigenvalue weighted by molar-refractivity contribution is 7.87. The molecule has 1 fully saturated rings. The zero-order valence-electron chi connectivity index (χ0n) is 23.5. The number of halogens is 3. The molecule has 0 heterocycles. The van der Waals surface area contributed by atoms with Crippen molar-refractivity contribution >= 4 is 16.1 Å². The lowest BCUT2D eigenvalue weighted by molar-refractivity contribution is -0.430.